The van der Waals surface area contributed by atoms with E-state index in [1.54, 1.807) is 0 Å². The summed E-state index contributed by atoms with van der Waals surface area (Å²) in [6.45, 7) is 0.818. The predicted molar refractivity (Wildman–Crippen MR) is 138 cm³/mol. The van der Waals surface area contributed by atoms with Crippen LogP contribution >= 0.6 is 0 Å². The number of aliphatic hydroxyl groups is 3. The molecule has 2 aromatic rings. The third kappa shape index (κ3) is 4.20. The number of likely N-dealkylation sites (N-methyl/N-ethyl adjacent to an activating group) is 1. The lowest BCUT2D eigenvalue weighted by Gasteiger charge is -2.46. The van der Waals surface area contributed by atoms with Crippen LogP contribution in [0.5, 0.6) is 5.75 Å². The van der Waals surface area contributed by atoms with Gasteiger partial charge in [0.05, 0.1) is 5.56 Å². The van der Waals surface area contributed by atoms with Crippen LogP contribution in [0.2, 0.25) is 0 Å². The average Bonchev–Trinajstić information content (AvgIpc) is 2.88. The number of carbonyl (C=O) groups excluding carboxylic acids is 3. The van der Waals surface area contributed by atoms with Crippen molar-refractivity contribution >= 4 is 23.2 Å². The molecule has 0 aromatic heterocycles. The number of hydrogen-bond donors (Lipinski definition) is 5. The molecule has 1 amide bonds. The van der Waals surface area contributed by atoms with Crippen molar-refractivity contribution in [2.24, 2.45) is 17.6 Å². The first-order valence-electron chi connectivity index (χ1n) is 12.7. The standard InChI is InChI=1S/C29H29FN2O7/c1-32(8-7-14-5-3-2-4-6-14)13-16-11-19(33)22-18(24(16)30)10-15-9-17-12-20(34)23(28(31)38)27(37)29(17,39)26(36)21(15)25(22)35/h2-6,11,15,17,33,35,37,39H,7-10,12-13H2,1H3,(H2,31,38)/t15?,17-,29-/m0/s1. The maximum atomic E-state index is 15.8. The molecule has 204 valence electrons. The van der Waals surface area contributed by atoms with Crippen molar-refractivity contribution in [2.45, 2.75) is 37.8 Å². The molecule has 10 heteroatoms. The minimum Gasteiger partial charge on any atom is -0.508 e. The van der Waals surface area contributed by atoms with Gasteiger partial charge in [0.25, 0.3) is 5.91 Å². The summed E-state index contributed by atoms with van der Waals surface area (Å²) >= 11 is 0. The summed E-state index contributed by atoms with van der Waals surface area (Å²) in [6, 6.07) is 11.0. The fourth-order valence-electron chi connectivity index (χ4n) is 6.17. The predicted octanol–water partition coefficient (Wildman–Crippen LogP) is 2.24. The summed E-state index contributed by atoms with van der Waals surface area (Å²) in [5.74, 6) is -7.99. The molecule has 1 fully saturated rings. The number of phenolic OH excluding ortho intramolecular Hbond substituents is 1. The van der Waals surface area contributed by atoms with E-state index < -0.39 is 70.0 Å². The Labute approximate surface area is 223 Å². The number of aromatic hydroxyl groups is 1. The fourth-order valence-corrected chi connectivity index (χ4v) is 6.17. The Balaban J connectivity index is 1.49. The highest BCUT2D eigenvalue weighted by atomic mass is 19.1. The second kappa shape index (κ2) is 9.62. The number of nitrogens with zero attached hydrogens (tertiary/aromatic N) is 1. The Hall–Kier alpha value is -4.02. The van der Waals surface area contributed by atoms with Gasteiger partial charge in [-0.1, -0.05) is 30.3 Å². The molecule has 3 aliphatic carbocycles. The topological polar surface area (TPSA) is 161 Å². The molecule has 0 heterocycles. The summed E-state index contributed by atoms with van der Waals surface area (Å²) in [6.07, 6.45) is 0.191. The summed E-state index contributed by atoms with van der Waals surface area (Å²) in [7, 11) is 1.83. The molecule has 1 saturated carbocycles. The monoisotopic (exact) mass is 536 g/mol. The van der Waals surface area contributed by atoms with E-state index in [0.717, 1.165) is 12.0 Å². The fraction of sp³-hybridized carbons (Fsp3) is 0.345. The number of halogens is 1. The zero-order valence-corrected chi connectivity index (χ0v) is 21.3. The van der Waals surface area contributed by atoms with Crippen molar-refractivity contribution in [1.82, 2.24) is 4.90 Å². The molecule has 0 spiro atoms. The second-order valence-electron chi connectivity index (χ2n) is 10.6. The summed E-state index contributed by atoms with van der Waals surface area (Å²) in [5, 5.41) is 43.8. The van der Waals surface area contributed by atoms with Gasteiger partial charge in [-0.2, -0.15) is 0 Å². The van der Waals surface area contributed by atoms with Gasteiger partial charge in [0, 0.05) is 42.1 Å². The Bertz CT molecular complexity index is 1470. The van der Waals surface area contributed by atoms with Crippen LogP contribution in [0.3, 0.4) is 0 Å². The zero-order chi connectivity index (χ0) is 28.2. The van der Waals surface area contributed by atoms with Gasteiger partial charge >= 0.3 is 0 Å². The van der Waals surface area contributed by atoms with Gasteiger partial charge in [0.15, 0.2) is 11.4 Å². The third-order valence-corrected chi connectivity index (χ3v) is 8.14. The van der Waals surface area contributed by atoms with E-state index in [1.807, 2.05) is 42.3 Å². The molecule has 39 heavy (non-hydrogen) atoms. The van der Waals surface area contributed by atoms with E-state index >= 15 is 4.39 Å². The number of fused-ring (bicyclic) bond motifs is 3. The number of ketones is 2. The highest BCUT2D eigenvalue weighted by Crippen LogP contribution is 2.52. The van der Waals surface area contributed by atoms with Crippen molar-refractivity contribution in [3.8, 4) is 5.75 Å². The summed E-state index contributed by atoms with van der Waals surface area (Å²) < 4.78 is 15.8. The van der Waals surface area contributed by atoms with Gasteiger partial charge in [-0.15, -0.1) is 0 Å². The molecule has 5 rings (SSSR count). The van der Waals surface area contributed by atoms with E-state index in [0.29, 0.717) is 6.54 Å². The lowest BCUT2D eigenvalue weighted by Crippen LogP contribution is -2.58. The largest absolute Gasteiger partial charge is 0.508 e. The van der Waals surface area contributed by atoms with E-state index in [4.69, 9.17) is 5.73 Å². The van der Waals surface area contributed by atoms with Crippen LogP contribution in [0.4, 0.5) is 4.39 Å². The van der Waals surface area contributed by atoms with Gasteiger partial charge in [0.1, 0.15) is 28.7 Å². The van der Waals surface area contributed by atoms with Crippen molar-refractivity contribution in [3.05, 3.63) is 81.4 Å². The van der Waals surface area contributed by atoms with Crippen LogP contribution in [-0.4, -0.2) is 62.0 Å². The molecular formula is C29H29FN2O7. The van der Waals surface area contributed by atoms with Crippen molar-refractivity contribution in [1.29, 1.82) is 0 Å². The second-order valence-corrected chi connectivity index (χ2v) is 10.6. The third-order valence-electron chi connectivity index (χ3n) is 8.14. The van der Waals surface area contributed by atoms with E-state index in [9.17, 15) is 34.8 Å². The molecule has 0 bridgehead atoms. The molecule has 3 aliphatic rings. The molecule has 0 radical (unpaired) electrons. The lowest BCUT2D eigenvalue weighted by molar-refractivity contribution is -0.147. The number of primary amides is 1. The number of amides is 1. The highest BCUT2D eigenvalue weighted by Gasteiger charge is 2.60. The molecule has 9 nitrogen and oxygen atoms in total. The van der Waals surface area contributed by atoms with Crippen LogP contribution in [0.15, 0.2) is 53.3 Å². The van der Waals surface area contributed by atoms with Crippen LogP contribution in [0, 0.1) is 17.7 Å². The zero-order valence-electron chi connectivity index (χ0n) is 21.3. The summed E-state index contributed by atoms with van der Waals surface area (Å²) in [5.41, 5.74) is 2.52. The SMILES string of the molecule is CN(CCc1ccccc1)Cc1cc(O)c2c(c1F)CC1C[C@H]3CC(=O)C(C(N)=O)=C(O)[C@@]3(O)C(=O)C1=C2O. The first-order chi connectivity index (χ1) is 18.4. The smallest absolute Gasteiger partial charge is 0.255 e. The Kier molecular flexibility index (Phi) is 6.56. The van der Waals surface area contributed by atoms with Crippen LogP contribution in [-0.2, 0) is 33.8 Å². The Morgan fingerprint density at radius 3 is 2.51 bits per heavy atom. The van der Waals surface area contributed by atoms with Gasteiger partial charge in [0.2, 0.25) is 5.78 Å². The number of benzene rings is 2. The van der Waals surface area contributed by atoms with Crippen LogP contribution in [0.1, 0.15) is 35.1 Å². The molecular weight excluding hydrogens is 507 g/mol. The van der Waals surface area contributed by atoms with Crippen molar-refractivity contribution in [2.75, 3.05) is 13.6 Å². The highest BCUT2D eigenvalue weighted by molar-refractivity contribution is 6.22. The van der Waals surface area contributed by atoms with Gasteiger partial charge < -0.3 is 31.1 Å². The van der Waals surface area contributed by atoms with Gasteiger partial charge in [-0.05, 0) is 43.9 Å². The molecule has 6 N–H and O–H groups in total. The first kappa shape index (κ1) is 26.6. The van der Waals surface area contributed by atoms with Crippen LogP contribution in [0.25, 0.3) is 5.76 Å². The van der Waals surface area contributed by atoms with E-state index in [1.165, 1.54) is 6.07 Å². The average molecular weight is 537 g/mol. The number of phenols is 1. The molecule has 1 unspecified atom stereocenters. The van der Waals surface area contributed by atoms with Gasteiger partial charge in [-0.3, -0.25) is 14.4 Å². The maximum Gasteiger partial charge on any atom is 0.255 e. The lowest BCUT2D eigenvalue weighted by atomic mass is 9.59. The number of Topliss-reactive ketones (excluding diaryl/α,β-unsaturated/α-hetero) is 2. The molecule has 3 atom stereocenters. The van der Waals surface area contributed by atoms with E-state index in [2.05, 4.69) is 0 Å². The Morgan fingerprint density at radius 2 is 1.85 bits per heavy atom. The number of carbonyl (C=O) groups is 3. The van der Waals surface area contributed by atoms with Gasteiger partial charge in [-0.25, -0.2) is 4.39 Å². The first-order valence-corrected chi connectivity index (χ1v) is 12.7. The summed E-state index contributed by atoms with van der Waals surface area (Å²) in [4.78, 5) is 39.6. The maximum absolute atomic E-state index is 15.8. The number of hydrogen-bond acceptors (Lipinski definition) is 8. The molecule has 0 saturated heterocycles. The minimum absolute atomic E-state index is 0.0330. The quantitative estimate of drug-likeness (QED) is 0.351. The van der Waals surface area contributed by atoms with Crippen molar-refractivity contribution < 1.29 is 39.2 Å². The number of nitrogens with two attached hydrogens (primary N) is 1. The normalized spacial score (nSPS) is 24.5. The number of aliphatic hydroxyl groups excluding tert-OH is 2. The Morgan fingerprint density at radius 1 is 1.15 bits per heavy atom. The molecule has 2 aromatic carbocycles. The van der Waals surface area contributed by atoms with E-state index in [-0.39, 0.29) is 41.6 Å². The number of rotatable bonds is 6. The molecule has 0 aliphatic heterocycles. The van der Waals surface area contributed by atoms with Crippen molar-refractivity contribution in [3.63, 3.8) is 0 Å². The van der Waals surface area contributed by atoms with Crippen LogP contribution < -0.4 is 5.73 Å². The minimum atomic E-state index is -2.65.